The predicted molar refractivity (Wildman–Crippen MR) is 127 cm³/mol. The van der Waals surface area contributed by atoms with Gasteiger partial charge in [0.25, 0.3) is 0 Å². The largest absolute Gasteiger partial charge is 0.493 e. The van der Waals surface area contributed by atoms with E-state index in [-0.39, 0.29) is 12.1 Å². The van der Waals surface area contributed by atoms with Crippen molar-refractivity contribution in [2.45, 2.75) is 13.0 Å². The Morgan fingerprint density at radius 3 is 1.97 bits per heavy atom. The lowest BCUT2D eigenvalue weighted by molar-refractivity contribution is 0.105. The summed E-state index contributed by atoms with van der Waals surface area (Å²) in [5.74, 6) is 1.73. The number of oxime groups is 1. The summed E-state index contributed by atoms with van der Waals surface area (Å²) in [6, 6.07) is 17.9. The second-order valence-electron chi connectivity index (χ2n) is 7.23. The van der Waals surface area contributed by atoms with Gasteiger partial charge in [0.2, 0.25) is 11.5 Å². The van der Waals surface area contributed by atoms with Crippen LogP contribution >= 0.6 is 0 Å². The minimum Gasteiger partial charge on any atom is -0.493 e. The Hall–Kier alpha value is -4.20. The molecule has 0 aliphatic heterocycles. The number of rotatable bonds is 11. The first-order valence-electron chi connectivity index (χ1n) is 10.4. The number of carbonyl (C=O) groups is 1. The molecular formula is C26H27NO7. The van der Waals surface area contributed by atoms with Gasteiger partial charge in [-0.1, -0.05) is 35.5 Å². The van der Waals surface area contributed by atoms with E-state index in [1.165, 1.54) is 28.4 Å². The van der Waals surface area contributed by atoms with E-state index >= 15 is 0 Å². The second kappa shape index (κ2) is 11.6. The smallest absolute Gasteiger partial charge is 0.211 e. The van der Waals surface area contributed by atoms with Crippen molar-refractivity contribution < 1.29 is 33.7 Å². The number of Topliss-reactive ketones (excluding diaryl/α,β-unsaturated/α-hetero) is 1. The Morgan fingerprint density at radius 2 is 1.41 bits per heavy atom. The van der Waals surface area contributed by atoms with Gasteiger partial charge in [-0.3, -0.25) is 4.79 Å². The van der Waals surface area contributed by atoms with Crippen LogP contribution in [0.2, 0.25) is 0 Å². The SMILES string of the molecule is COc1cc(C(=O)/C(Cc2cc(OC)c(OC)c(OC)c2)=N\O)ccc1OCc1ccccc1. The van der Waals surface area contributed by atoms with Crippen LogP contribution in [0.15, 0.2) is 65.8 Å². The second-order valence-corrected chi connectivity index (χ2v) is 7.23. The summed E-state index contributed by atoms with van der Waals surface area (Å²) >= 11 is 0. The maximum absolute atomic E-state index is 13.1. The molecule has 0 radical (unpaired) electrons. The zero-order valence-corrected chi connectivity index (χ0v) is 19.5. The van der Waals surface area contributed by atoms with Crippen LogP contribution in [0.3, 0.4) is 0 Å². The standard InChI is InChI=1S/C26H27NO7/c1-30-22-15-19(10-11-21(22)34-16-17-8-6-5-7-9-17)25(28)20(27-29)12-18-13-23(31-2)26(33-4)24(14-18)32-3/h5-11,13-15,29H,12,16H2,1-4H3/b27-20-. The van der Waals surface area contributed by atoms with Crippen LogP contribution in [-0.2, 0) is 13.0 Å². The molecule has 3 rings (SSSR count). The Labute approximate surface area is 198 Å². The van der Waals surface area contributed by atoms with Crippen LogP contribution < -0.4 is 23.7 Å². The van der Waals surface area contributed by atoms with Gasteiger partial charge in [0.15, 0.2) is 23.0 Å². The van der Waals surface area contributed by atoms with Crippen molar-refractivity contribution in [2.75, 3.05) is 28.4 Å². The molecule has 0 fully saturated rings. The molecule has 3 aromatic rings. The quantitative estimate of drug-likeness (QED) is 0.192. The van der Waals surface area contributed by atoms with Gasteiger partial charge in [0.05, 0.1) is 28.4 Å². The maximum atomic E-state index is 13.1. The third kappa shape index (κ3) is 5.58. The molecular weight excluding hydrogens is 438 g/mol. The first kappa shape index (κ1) is 24.4. The van der Waals surface area contributed by atoms with Gasteiger partial charge >= 0.3 is 0 Å². The molecule has 178 valence electrons. The van der Waals surface area contributed by atoms with Crippen molar-refractivity contribution in [1.82, 2.24) is 0 Å². The lowest BCUT2D eigenvalue weighted by atomic mass is 9.99. The summed E-state index contributed by atoms with van der Waals surface area (Å²) in [6.07, 6.45) is 0.0423. The van der Waals surface area contributed by atoms with Gasteiger partial charge in [-0.15, -0.1) is 0 Å². The van der Waals surface area contributed by atoms with E-state index < -0.39 is 5.78 Å². The Balaban J connectivity index is 1.81. The molecule has 1 N–H and O–H groups in total. The minimum atomic E-state index is -0.454. The topological polar surface area (TPSA) is 95.8 Å². The normalized spacial score (nSPS) is 11.0. The number of hydrogen-bond acceptors (Lipinski definition) is 8. The van der Waals surface area contributed by atoms with Crippen LogP contribution in [0.4, 0.5) is 0 Å². The van der Waals surface area contributed by atoms with E-state index in [1.807, 2.05) is 30.3 Å². The summed E-state index contributed by atoms with van der Waals surface area (Å²) in [5.41, 5.74) is 1.88. The predicted octanol–water partition coefficient (Wildman–Crippen LogP) is 4.56. The number of benzene rings is 3. The highest BCUT2D eigenvalue weighted by Gasteiger charge is 2.20. The number of methoxy groups -OCH3 is 4. The van der Waals surface area contributed by atoms with E-state index in [2.05, 4.69) is 5.16 Å². The molecule has 0 saturated heterocycles. The van der Waals surface area contributed by atoms with Gasteiger partial charge in [-0.2, -0.15) is 0 Å². The van der Waals surface area contributed by atoms with Crippen LogP contribution in [0.25, 0.3) is 0 Å². The van der Waals surface area contributed by atoms with Gasteiger partial charge in [0.1, 0.15) is 12.3 Å². The van der Waals surface area contributed by atoms with E-state index in [0.29, 0.717) is 46.5 Å². The fourth-order valence-electron chi connectivity index (χ4n) is 3.42. The molecule has 0 aliphatic carbocycles. The molecule has 34 heavy (non-hydrogen) atoms. The van der Waals surface area contributed by atoms with Crippen molar-refractivity contribution in [3.63, 3.8) is 0 Å². The van der Waals surface area contributed by atoms with E-state index in [4.69, 9.17) is 23.7 Å². The Morgan fingerprint density at radius 1 is 0.765 bits per heavy atom. The molecule has 8 nitrogen and oxygen atoms in total. The van der Waals surface area contributed by atoms with Gasteiger partial charge in [-0.05, 0) is 41.5 Å². The van der Waals surface area contributed by atoms with Crippen molar-refractivity contribution in [3.05, 3.63) is 77.4 Å². The van der Waals surface area contributed by atoms with Crippen molar-refractivity contribution in [3.8, 4) is 28.7 Å². The van der Waals surface area contributed by atoms with Gasteiger partial charge in [0, 0.05) is 12.0 Å². The lowest BCUT2D eigenvalue weighted by Crippen LogP contribution is -2.17. The fourth-order valence-corrected chi connectivity index (χ4v) is 3.42. The molecule has 8 heteroatoms. The molecule has 0 aromatic heterocycles. The Kier molecular flexibility index (Phi) is 8.34. The molecule has 0 amide bonds. The molecule has 0 aliphatic rings. The zero-order valence-electron chi connectivity index (χ0n) is 19.5. The van der Waals surface area contributed by atoms with Crippen molar-refractivity contribution >= 4 is 11.5 Å². The van der Waals surface area contributed by atoms with E-state index in [1.54, 1.807) is 30.3 Å². The van der Waals surface area contributed by atoms with Crippen LogP contribution in [-0.4, -0.2) is 45.1 Å². The highest BCUT2D eigenvalue weighted by Crippen LogP contribution is 2.38. The summed E-state index contributed by atoms with van der Waals surface area (Å²) in [7, 11) is 6.00. The average Bonchev–Trinajstić information content (AvgIpc) is 2.89. The number of hydrogen-bond donors (Lipinski definition) is 1. The third-order valence-corrected chi connectivity index (χ3v) is 5.14. The lowest BCUT2D eigenvalue weighted by Gasteiger charge is -2.15. The minimum absolute atomic E-state index is 0.0423. The highest BCUT2D eigenvalue weighted by molar-refractivity contribution is 6.46. The van der Waals surface area contributed by atoms with Crippen LogP contribution in [0, 0.1) is 0 Å². The van der Waals surface area contributed by atoms with Crippen LogP contribution in [0.5, 0.6) is 28.7 Å². The first-order chi connectivity index (χ1) is 16.5. The third-order valence-electron chi connectivity index (χ3n) is 5.14. The molecule has 0 saturated carbocycles. The average molecular weight is 466 g/mol. The Bertz CT molecular complexity index is 1130. The summed E-state index contributed by atoms with van der Waals surface area (Å²) in [5, 5.41) is 12.8. The molecule has 0 unspecified atom stereocenters. The van der Waals surface area contributed by atoms with E-state index in [9.17, 15) is 10.0 Å². The molecule has 0 spiro atoms. The van der Waals surface area contributed by atoms with Crippen molar-refractivity contribution in [2.24, 2.45) is 5.16 Å². The summed E-state index contributed by atoms with van der Waals surface area (Å²) in [4.78, 5) is 13.1. The molecule has 0 atom stereocenters. The van der Waals surface area contributed by atoms with E-state index in [0.717, 1.165) is 5.56 Å². The molecule has 0 heterocycles. The van der Waals surface area contributed by atoms with Crippen LogP contribution in [0.1, 0.15) is 21.5 Å². The zero-order chi connectivity index (χ0) is 24.5. The fraction of sp³-hybridized carbons (Fsp3) is 0.231. The van der Waals surface area contributed by atoms with Gasteiger partial charge in [-0.25, -0.2) is 0 Å². The highest BCUT2D eigenvalue weighted by atomic mass is 16.5. The first-order valence-corrected chi connectivity index (χ1v) is 10.4. The van der Waals surface area contributed by atoms with Crippen molar-refractivity contribution in [1.29, 1.82) is 0 Å². The number of ether oxygens (including phenoxy) is 5. The monoisotopic (exact) mass is 465 g/mol. The molecule has 0 bridgehead atoms. The number of ketones is 1. The summed E-state index contributed by atoms with van der Waals surface area (Å²) in [6.45, 7) is 0.356. The molecule has 3 aromatic carbocycles. The summed E-state index contributed by atoms with van der Waals surface area (Å²) < 4.78 is 27.3. The number of carbonyl (C=O) groups excluding carboxylic acids is 1. The van der Waals surface area contributed by atoms with Gasteiger partial charge < -0.3 is 28.9 Å². The number of nitrogens with zero attached hydrogens (tertiary/aromatic N) is 1. The maximum Gasteiger partial charge on any atom is 0.211 e.